The molecule has 5 heteroatoms. The SMILES string of the molecule is CCc1nc(C(NCCOC)c2ccc(C)s2)sc1C. The highest BCUT2D eigenvalue weighted by Crippen LogP contribution is 2.32. The molecule has 1 N–H and O–H groups in total. The van der Waals surface area contributed by atoms with E-state index in [1.165, 1.54) is 20.3 Å². The lowest BCUT2D eigenvalue weighted by molar-refractivity contribution is 0.197. The van der Waals surface area contributed by atoms with Crippen molar-refractivity contribution < 1.29 is 4.74 Å². The van der Waals surface area contributed by atoms with Gasteiger partial charge < -0.3 is 10.1 Å². The number of hydrogen-bond donors (Lipinski definition) is 1. The van der Waals surface area contributed by atoms with Crippen molar-refractivity contribution in [3.63, 3.8) is 0 Å². The molecule has 0 saturated heterocycles. The van der Waals surface area contributed by atoms with Crippen LogP contribution in [0.3, 0.4) is 0 Å². The zero-order chi connectivity index (χ0) is 14.5. The predicted molar refractivity (Wildman–Crippen MR) is 87.0 cm³/mol. The van der Waals surface area contributed by atoms with Crippen molar-refractivity contribution in [3.05, 3.63) is 37.5 Å². The van der Waals surface area contributed by atoms with Crippen LogP contribution in [0.15, 0.2) is 12.1 Å². The van der Waals surface area contributed by atoms with Crippen LogP contribution in [0.1, 0.15) is 38.3 Å². The minimum absolute atomic E-state index is 0.188. The average Bonchev–Trinajstić information content (AvgIpc) is 3.01. The van der Waals surface area contributed by atoms with Gasteiger partial charge in [-0.15, -0.1) is 22.7 Å². The number of ether oxygens (including phenoxy) is 1. The van der Waals surface area contributed by atoms with Crippen LogP contribution in [-0.4, -0.2) is 25.2 Å². The Kier molecular flexibility index (Phi) is 5.72. The third kappa shape index (κ3) is 3.67. The number of thiophene rings is 1. The topological polar surface area (TPSA) is 34.2 Å². The summed E-state index contributed by atoms with van der Waals surface area (Å²) in [5, 5.41) is 4.73. The summed E-state index contributed by atoms with van der Waals surface area (Å²) in [6.45, 7) is 8.01. The summed E-state index contributed by atoms with van der Waals surface area (Å²) in [5.41, 5.74) is 1.22. The van der Waals surface area contributed by atoms with Crippen molar-refractivity contribution in [1.82, 2.24) is 10.3 Å². The molecular formula is C15H22N2OS2. The van der Waals surface area contributed by atoms with Crippen molar-refractivity contribution >= 4 is 22.7 Å². The molecule has 2 heterocycles. The van der Waals surface area contributed by atoms with E-state index >= 15 is 0 Å². The molecule has 0 aliphatic carbocycles. The Morgan fingerprint density at radius 1 is 1.30 bits per heavy atom. The molecule has 0 fully saturated rings. The second-order valence-corrected chi connectivity index (χ2v) is 7.29. The molecule has 2 aromatic heterocycles. The Hall–Kier alpha value is -0.750. The molecule has 0 aliphatic rings. The zero-order valence-corrected chi connectivity index (χ0v) is 14.2. The third-order valence-corrected chi connectivity index (χ3v) is 5.33. The highest BCUT2D eigenvalue weighted by atomic mass is 32.1. The summed E-state index contributed by atoms with van der Waals surface area (Å²) < 4.78 is 5.14. The van der Waals surface area contributed by atoms with Gasteiger partial charge >= 0.3 is 0 Å². The predicted octanol–water partition coefficient (Wildman–Crippen LogP) is 3.71. The maximum absolute atomic E-state index is 5.14. The van der Waals surface area contributed by atoms with Crippen LogP contribution in [0.5, 0.6) is 0 Å². The van der Waals surface area contributed by atoms with Crippen molar-refractivity contribution in [2.45, 2.75) is 33.2 Å². The molecule has 0 saturated carbocycles. The van der Waals surface area contributed by atoms with E-state index in [1.54, 1.807) is 18.4 Å². The second-order valence-electron chi connectivity index (χ2n) is 4.74. The van der Waals surface area contributed by atoms with Gasteiger partial charge in [0, 0.05) is 28.3 Å². The lowest BCUT2D eigenvalue weighted by Gasteiger charge is -2.14. The number of aromatic nitrogens is 1. The summed E-state index contributed by atoms with van der Waals surface area (Å²) in [7, 11) is 1.73. The van der Waals surface area contributed by atoms with E-state index in [2.05, 4.69) is 38.2 Å². The van der Waals surface area contributed by atoms with E-state index < -0.39 is 0 Å². The van der Waals surface area contributed by atoms with E-state index in [4.69, 9.17) is 9.72 Å². The maximum atomic E-state index is 5.14. The summed E-state index contributed by atoms with van der Waals surface area (Å²) in [4.78, 5) is 8.81. The smallest absolute Gasteiger partial charge is 0.115 e. The van der Waals surface area contributed by atoms with Crippen LogP contribution in [0, 0.1) is 13.8 Å². The maximum Gasteiger partial charge on any atom is 0.115 e. The van der Waals surface area contributed by atoms with Crippen molar-refractivity contribution in [3.8, 4) is 0 Å². The van der Waals surface area contributed by atoms with E-state index in [0.717, 1.165) is 18.0 Å². The molecule has 1 unspecified atom stereocenters. The summed E-state index contributed by atoms with van der Waals surface area (Å²) in [5.74, 6) is 0. The van der Waals surface area contributed by atoms with Crippen molar-refractivity contribution in [2.24, 2.45) is 0 Å². The average molecular weight is 310 g/mol. The zero-order valence-electron chi connectivity index (χ0n) is 12.5. The van der Waals surface area contributed by atoms with Gasteiger partial charge in [-0.2, -0.15) is 0 Å². The normalized spacial score (nSPS) is 12.8. The Labute approximate surface area is 129 Å². The molecule has 0 bridgehead atoms. The Balaban J connectivity index is 2.24. The van der Waals surface area contributed by atoms with Gasteiger partial charge in [0.25, 0.3) is 0 Å². The number of nitrogens with zero attached hydrogens (tertiary/aromatic N) is 1. The molecule has 0 spiro atoms. The highest BCUT2D eigenvalue weighted by Gasteiger charge is 2.20. The number of nitrogens with one attached hydrogen (secondary N) is 1. The Morgan fingerprint density at radius 3 is 2.65 bits per heavy atom. The van der Waals surface area contributed by atoms with Crippen LogP contribution in [0.25, 0.3) is 0 Å². The fourth-order valence-electron chi connectivity index (χ4n) is 2.13. The molecule has 20 heavy (non-hydrogen) atoms. The number of rotatable bonds is 7. The van der Waals surface area contributed by atoms with Crippen LogP contribution in [0.2, 0.25) is 0 Å². The Bertz CT molecular complexity index is 548. The molecule has 1 atom stereocenters. The van der Waals surface area contributed by atoms with Gasteiger partial charge in [0.2, 0.25) is 0 Å². The third-order valence-electron chi connectivity index (χ3n) is 3.19. The summed E-state index contributed by atoms with van der Waals surface area (Å²) >= 11 is 3.64. The van der Waals surface area contributed by atoms with Crippen LogP contribution >= 0.6 is 22.7 Å². The molecule has 2 aromatic rings. The van der Waals surface area contributed by atoms with E-state index in [0.29, 0.717) is 6.61 Å². The van der Waals surface area contributed by atoms with Crippen molar-refractivity contribution in [1.29, 1.82) is 0 Å². The minimum atomic E-state index is 0.188. The minimum Gasteiger partial charge on any atom is -0.383 e. The second kappa shape index (κ2) is 7.31. The highest BCUT2D eigenvalue weighted by molar-refractivity contribution is 7.13. The van der Waals surface area contributed by atoms with Crippen LogP contribution in [-0.2, 0) is 11.2 Å². The first-order valence-electron chi connectivity index (χ1n) is 6.90. The fraction of sp³-hybridized carbons (Fsp3) is 0.533. The largest absolute Gasteiger partial charge is 0.383 e. The molecule has 0 amide bonds. The quantitative estimate of drug-likeness (QED) is 0.792. The molecule has 110 valence electrons. The standard InChI is InChI=1S/C15H22N2OS2/c1-5-12-11(3)20-15(17-12)14(16-8-9-18-4)13-7-6-10(2)19-13/h6-7,14,16H,5,8-9H2,1-4H3. The summed E-state index contributed by atoms with van der Waals surface area (Å²) in [6, 6.07) is 4.56. The summed E-state index contributed by atoms with van der Waals surface area (Å²) in [6.07, 6.45) is 0.997. The van der Waals surface area contributed by atoms with E-state index in [1.807, 2.05) is 11.3 Å². The van der Waals surface area contributed by atoms with Gasteiger partial charge in [0.15, 0.2) is 0 Å². The number of methoxy groups -OCH3 is 1. The first kappa shape index (κ1) is 15.6. The molecule has 0 aliphatic heterocycles. The lowest BCUT2D eigenvalue weighted by atomic mass is 10.2. The van der Waals surface area contributed by atoms with Crippen LogP contribution in [0.4, 0.5) is 0 Å². The van der Waals surface area contributed by atoms with Gasteiger partial charge in [-0.05, 0) is 32.4 Å². The first-order valence-corrected chi connectivity index (χ1v) is 8.53. The Morgan fingerprint density at radius 2 is 2.10 bits per heavy atom. The van der Waals surface area contributed by atoms with Gasteiger partial charge in [-0.3, -0.25) is 0 Å². The van der Waals surface area contributed by atoms with Gasteiger partial charge in [0.1, 0.15) is 5.01 Å². The van der Waals surface area contributed by atoms with E-state index in [9.17, 15) is 0 Å². The molecular weight excluding hydrogens is 288 g/mol. The molecule has 0 aromatic carbocycles. The molecule has 2 rings (SSSR count). The van der Waals surface area contributed by atoms with Crippen molar-refractivity contribution in [2.75, 3.05) is 20.3 Å². The first-order chi connectivity index (χ1) is 9.65. The van der Waals surface area contributed by atoms with Gasteiger partial charge in [-0.25, -0.2) is 4.98 Å². The lowest BCUT2D eigenvalue weighted by Crippen LogP contribution is -2.25. The van der Waals surface area contributed by atoms with Crippen LogP contribution < -0.4 is 5.32 Å². The number of hydrogen-bond acceptors (Lipinski definition) is 5. The fourth-order valence-corrected chi connectivity index (χ4v) is 4.26. The monoisotopic (exact) mass is 310 g/mol. The number of aryl methyl sites for hydroxylation is 3. The van der Waals surface area contributed by atoms with E-state index in [-0.39, 0.29) is 6.04 Å². The number of thiazole rings is 1. The molecule has 0 radical (unpaired) electrons. The van der Waals surface area contributed by atoms with Gasteiger partial charge in [0.05, 0.1) is 18.3 Å². The van der Waals surface area contributed by atoms with Gasteiger partial charge in [-0.1, -0.05) is 6.92 Å². The molecule has 3 nitrogen and oxygen atoms in total.